The molecule has 0 aliphatic rings. The molecule has 0 fully saturated rings. The van der Waals surface area contributed by atoms with Gasteiger partial charge in [0.1, 0.15) is 0 Å². The van der Waals surface area contributed by atoms with E-state index in [1.54, 1.807) is 42.5 Å². The van der Waals surface area contributed by atoms with E-state index in [-0.39, 0.29) is 0 Å². The largest absolute Gasteiger partial charge is 0.240 e. The summed E-state index contributed by atoms with van der Waals surface area (Å²) >= 11 is 0. The number of nitrogens with zero attached hydrogens (tertiary/aromatic N) is 4. The lowest BCUT2D eigenvalue weighted by molar-refractivity contribution is 0.564. The Morgan fingerprint density at radius 2 is 1.48 bits per heavy atom. The summed E-state index contributed by atoms with van der Waals surface area (Å²) in [6, 6.07) is 11.8. The van der Waals surface area contributed by atoms with Crippen LogP contribution in [0.25, 0.3) is 0 Å². The van der Waals surface area contributed by atoms with E-state index < -0.39 is 0 Å². The van der Waals surface area contributed by atoms with E-state index in [1.807, 2.05) is 6.92 Å². The highest BCUT2D eigenvalue weighted by Gasteiger charge is 1.99. The molecular formula is C15H10N4O2. The van der Waals surface area contributed by atoms with Crippen molar-refractivity contribution in [1.82, 2.24) is 0 Å². The van der Waals surface area contributed by atoms with Gasteiger partial charge in [-0.1, -0.05) is 6.07 Å². The van der Waals surface area contributed by atoms with E-state index in [1.165, 1.54) is 12.2 Å². The molecule has 0 amide bonds. The van der Waals surface area contributed by atoms with E-state index >= 15 is 0 Å². The molecular weight excluding hydrogens is 268 g/mol. The lowest BCUT2D eigenvalue weighted by Crippen LogP contribution is -1.74. The van der Waals surface area contributed by atoms with Crippen LogP contribution in [0, 0.1) is 6.92 Å². The predicted octanol–water partition coefficient (Wildman–Crippen LogP) is 4.35. The van der Waals surface area contributed by atoms with Crippen molar-refractivity contribution in [2.75, 3.05) is 0 Å². The Morgan fingerprint density at radius 3 is 2.14 bits per heavy atom. The highest BCUT2D eigenvalue weighted by molar-refractivity contribution is 5.58. The van der Waals surface area contributed by atoms with Crippen molar-refractivity contribution in [3.05, 3.63) is 48.0 Å². The van der Waals surface area contributed by atoms with Gasteiger partial charge in [-0.05, 0) is 48.9 Å². The Kier molecular flexibility index (Phi) is 4.62. The first-order valence-corrected chi connectivity index (χ1v) is 6.01. The van der Waals surface area contributed by atoms with Gasteiger partial charge in [-0.25, -0.2) is 9.59 Å². The summed E-state index contributed by atoms with van der Waals surface area (Å²) in [4.78, 5) is 27.5. The molecule has 2 aromatic carbocycles. The fraction of sp³-hybridized carbons (Fsp3) is 0.0667. The number of hydrogen-bond acceptors (Lipinski definition) is 6. The van der Waals surface area contributed by atoms with Crippen molar-refractivity contribution < 1.29 is 9.59 Å². The number of carbonyl (C=O) groups excluding carboxylic acids is 2. The molecule has 0 radical (unpaired) electrons. The van der Waals surface area contributed by atoms with Crippen LogP contribution in [0.5, 0.6) is 0 Å². The van der Waals surface area contributed by atoms with Gasteiger partial charge in [0.2, 0.25) is 12.2 Å². The van der Waals surface area contributed by atoms with Gasteiger partial charge in [0.15, 0.2) is 0 Å². The van der Waals surface area contributed by atoms with Crippen molar-refractivity contribution in [2.24, 2.45) is 20.2 Å². The van der Waals surface area contributed by atoms with Crippen molar-refractivity contribution in [3.8, 4) is 0 Å². The summed E-state index contributed by atoms with van der Waals surface area (Å²) in [5, 5.41) is 8.21. The van der Waals surface area contributed by atoms with Crippen LogP contribution in [0.2, 0.25) is 0 Å². The van der Waals surface area contributed by atoms with Crippen LogP contribution < -0.4 is 0 Å². The second-order valence-corrected chi connectivity index (χ2v) is 4.10. The Morgan fingerprint density at radius 1 is 0.810 bits per heavy atom. The fourth-order valence-electron chi connectivity index (χ4n) is 1.66. The van der Waals surface area contributed by atoms with Crippen LogP contribution in [0.1, 0.15) is 5.56 Å². The molecule has 2 aromatic rings. The Labute approximate surface area is 120 Å². The van der Waals surface area contributed by atoms with Crippen LogP contribution in [0.4, 0.5) is 22.7 Å². The molecule has 0 spiro atoms. The number of hydrogen-bond donors (Lipinski definition) is 0. The normalized spacial score (nSPS) is 9.95. The monoisotopic (exact) mass is 278 g/mol. The molecule has 0 atom stereocenters. The maximum absolute atomic E-state index is 10.2. The minimum Gasteiger partial charge on any atom is -0.211 e. The number of azo groups is 1. The zero-order valence-electron chi connectivity index (χ0n) is 11.1. The molecule has 0 N–H and O–H groups in total. The molecule has 6 heteroatoms. The number of aliphatic imine (C=N–C) groups is 2. The van der Waals surface area contributed by atoms with E-state index in [9.17, 15) is 9.59 Å². The Balaban J connectivity index is 2.27. The van der Waals surface area contributed by atoms with Gasteiger partial charge in [-0.3, -0.25) is 0 Å². The summed E-state index contributed by atoms with van der Waals surface area (Å²) in [7, 11) is 0. The summed E-state index contributed by atoms with van der Waals surface area (Å²) < 4.78 is 0. The lowest BCUT2D eigenvalue weighted by Gasteiger charge is -1.99. The summed E-state index contributed by atoms with van der Waals surface area (Å²) in [5.41, 5.74) is 3.04. The van der Waals surface area contributed by atoms with Crippen molar-refractivity contribution >= 4 is 34.9 Å². The first kappa shape index (κ1) is 14.2. The zero-order chi connectivity index (χ0) is 15.1. The first-order valence-electron chi connectivity index (χ1n) is 6.01. The molecule has 102 valence electrons. The van der Waals surface area contributed by atoms with Crippen LogP contribution >= 0.6 is 0 Å². The number of rotatable bonds is 4. The zero-order valence-corrected chi connectivity index (χ0v) is 11.1. The molecule has 0 saturated heterocycles. The van der Waals surface area contributed by atoms with E-state index in [2.05, 4.69) is 20.2 Å². The van der Waals surface area contributed by atoms with Gasteiger partial charge >= 0.3 is 0 Å². The highest BCUT2D eigenvalue weighted by atomic mass is 16.1. The quantitative estimate of drug-likeness (QED) is 0.473. The van der Waals surface area contributed by atoms with E-state index in [0.29, 0.717) is 22.7 Å². The van der Waals surface area contributed by atoms with Crippen LogP contribution in [-0.2, 0) is 9.59 Å². The second kappa shape index (κ2) is 6.82. The molecule has 0 unspecified atom stereocenters. The van der Waals surface area contributed by atoms with Gasteiger partial charge in [0.05, 0.1) is 22.7 Å². The van der Waals surface area contributed by atoms with Crippen molar-refractivity contribution in [1.29, 1.82) is 0 Å². The third-order valence-electron chi connectivity index (χ3n) is 2.63. The summed E-state index contributed by atoms with van der Waals surface area (Å²) in [6.45, 7) is 1.84. The SMILES string of the molecule is Cc1cc(N=C=O)ccc1/N=N/c1cccc(N=C=O)c1. The van der Waals surface area contributed by atoms with Gasteiger partial charge in [0.25, 0.3) is 0 Å². The van der Waals surface area contributed by atoms with Gasteiger partial charge in [-0.15, -0.1) is 0 Å². The molecule has 2 rings (SSSR count). The number of benzene rings is 2. The summed E-state index contributed by atoms with van der Waals surface area (Å²) in [6.07, 6.45) is 2.96. The maximum atomic E-state index is 10.2. The van der Waals surface area contributed by atoms with Crippen molar-refractivity contribution in [2.45, 2.75) is 6.92 Å². The fourth-order valence-corrected chi connectivity index (χ4v) is 1.66. The third-order valence-corrected chi connectivity index (χ3v) is 2.63. The van der Waals surface area contributed by atoms with Crippen LogP contribution in [-0.4, -0.2) is 12.2 Å². The molecule has 0 aromatic heterocycles. The number of aryl methyl sites for hydroxylation is 1. The average molecular weight is 278 g/mol. The molecule has 6 nitrogen and oxygen atoms in total. The second-order valence-electron chi connectivity index (χ2n) is 4.10. The Bertz CT molecular complexity index is 786. The topological polar surface area (TPSA) is 83.6 Å². The van der Waals surface area contributed by atoms with Crippen molar-refractivity contribution in [3.63, 3.8) is 0 Å². The molecule has 0 aliphatic heterocycles. The van der Waals surface area contributed by atoms with Gasteiger partial charge in [0, 0.05) is 0 Å². The standard InChI is InChI=1S/C15H10N4O2/c1-11-7-13(17-10-21)5-6-15(11)19-18-14-4-2-3-12(8-14)16-9-20/h2-8H,1H3/b19-18+. The summed E-state index contributed by atoms with van der Waals surface area (Å²) in [5.74, 6) is 0. The minimum absolute atomic E-state index is 0.467. The van der Waals surface area contributed by atoms with E-state index in [0.717, 1.165) is 5.56 Å². The lowest BCUT2D eigenvalue weighted by atomic mass is 10.2. The van der Waals surface area contributed by atoms with Gasteiger partial charge < -0.3 is 0 Å². The smallest absolute Gasteiger partial charge is 0.211 e. The third kappa shape index (κ3) is 3.88. The van der Waals surface area contributed by atoms with Gasteiger partial charge in [-0.2, -0.15) is 20.2 Å². The van der Waals surface area contributed by atoms with Crippen LogP contribution in [0.3, 0.4) is 0 Å². The molecule has 0 bridgehead atoms. The highest BCUT2D eigenvalue weighted by Crippen LogP contribution is 2.27. The average Bonchev–Trinajstić information content (AvgIpc) is 2.47. The molecule has 0 aliphatic carbocycles. The van der Waals surface area contributed by atoms with Crippen LogP contribution in [0.15, 0.2) is 62.7 Å². The Hall–Kier alpha value is -3.20. The molecule has 0 saturated carbocycles. The van der Waals surface area contributed by atoms with E-state index in [4.69, 9.17) is 0 Å². The molecule has 21 heavy (non-hydrogen) atoms. The maximum Gasteiger partial charge on any atom is 0.240 e. The minimum atomic E-state index is 0.467. The first-order chi connectivity index (χ1) is 10.2. The molecule has 0 heterocycles. The number of isocyanates is 2. The predicted molar refractivity (Wildman–Crippen MR) is 77.4 cm³/mol.